The van der Waals surface area contributed by atoms with E-state index in [2.05, 4.69) is 10.6 Å². The fourth-order valence-corrected chi connectivity index (χ4v) is 2.78. The van der Waals surface area contributed by atoms with Gasteiger partial charge in [0.2, 0.25) is 5.91 Å². The third kappa shape index (κ3) is 3.03. The molecule has 2 amide bonds. The number of hydrogen-bond acceptors (Lipinski definition) is 4. The van der Waals surface area contributed by atoms with Crippen LogP contribution in [0, 0.1) is 0 Å². The van der Waals surface area contributed by atoms with Gasteiger partial charge < -0.3 is 21.1 Å². The molecule has 1 unspecified atom stereocenters. The molecule has 1 aromatic rings. The van der Waals surface area contributed by atoms with Gasteiger partial charge in [0.15, 0.2) is 6.10 Å². The van der Waals surface area contributed by atoms with Crippen LogP contribution in [0.4, 0.5) is 11.4 Å². The fourth-order valence-electron chi connectivity index (χ4n) is 2.78. The summed E-state index contributed by atoms with van der Waals surface area (Å²) in [6.45, 7) is 1.69. The van der Waals surface area contributed by atoms with Crippen molar-refractivity contribution in [2.45, 2.75) is 44.2 Å². The first kappa shape index (κ1) is 16.6. The first-order chi connectivity index (χ1) is 9.98. The highest BCUT2D eigenvalue weighted by Gasteiger charge is 2.37. The second-order valence-corrected chi connectivity index (χ2v) is 5.78. The molecule has 6 nitrogen and oxygen atoms in total. The van der Waals surface area contributed by atoms with E-state index < -0.39 is 11.6 Å². The van der Waals surface area contributed by atoms with Crippen LogP contribution in [-0.4, -0.2) is 23.5 Å². The Hall–Kier alpha value is -1.79. The summed E-state index contributed by atoms with van der Waals surface area (Å²) >= 11 is 0. The lowest BCUT2D eigenvalue weighted by Gasteiger charge is -2.25. The summed E-state index contributed by atoms with van der Waals surface area (Å²) < 4.78 is 5.47. The van der Waals surface area contributed by atoms with Gasteiger partial charge in [0.25, 0.3) is 5.91 Å². The van der Waals surface area contributed by atoms with E-state index in [4.69, 9.17) is 10.5 Å². The van der Waals surface area contributed by atoms with Gasteiger partial charge in [-0.25, -0.2) is 0 Å². The second kappa shape index (κ2) is 6.14. The summed E-state index contributed by atoms with van der Waals surface area (Å²) in [5.41, 5.74) is 6.52. The van der Waals surface area contributed by atoms with Crippen LogP contribution in [0.2, 0.25) is 0 Å². The molecule has 7 heteroatoms. The van der Waals surface area contributed by atoms with E-state index in [0.717, 1.165) is 12.8 Å². The van der Waals surface area contributed by atoms with E-state index in [1.807, 2.05) is 0 Å². The van der Waals surface area contributed by atoms with Gasteiger partial charge in [-0.1, -0.05) is 12.8 Å². The Morgan fingerprint density at radius 2 is 2.09 bits per heavy atom. The van der Waals surface area contributed by atoms with Gasteiger partial charge in [0, 0.05) is 5.69 Å². The van der Waals surface area contributed by atoms with E-state index in [0.29, 0.717) is 30.0 Å². The predicted molar refractivity (Wildman–Crippen MR) is 86.4 cm³/mol. The second-order valence-electron chi connectivity index (χ2n) is 5.78. The summed E-state index contributed by atoms with van der Waals surface area (Å²) in [7, 11) is 0. The Bertz CT molecular complexity index is 600. The molecule has 120 valence electrons. The maximum absolute atomic E-state index is 12.3. The van der Waals surface area contributed by atoms with Gasteiger partial charge in [0.1, 0.15) is 5.75 Å². The van der Waals surface area contributed by atoms with Crippen LogP contribution in [0.1, 0.15) is 32.6 Å². The third-order valence-electron chi connectivity index (χ3n) is 4.12. The van der Waals surface area contributed by atoms with Crippen molar-refractivity contribution >= 4 is 35.6 Å². The van der Waals surface area contributed by atoms with Crippen LogP contribution >= 0.6 is 12.4 Å². The summed E-state index contributed by atoms with van der Waals surface area (Å²) in [6.07, 6.45) is 2.87. The Labute approximate surface area is 135 Å². The van der Waals surface area contributed by atoms with Crippen LogP contribution in [0.3, 0.4) is 0 Å². The highest BCUT2D eigenvalue weighted by molar-refractivity contribution is 6.01. The minimum atomic E-state index is -0.774. The van der Waals surface area contributed by atoms with Crippen LogP contribution in [-0.2, 0) is 9.59 Å². The number of benzene rings is 1. The molecule has 1 fully saturated rings. The molecule has 1 aromatic carbocycles. The van der Waals surface area contributed by atoms with Crippen LogP contribution in [0.25, 0.3) is 0 Å². The molecule has 0 saturated heterocycles. The highest BCUT2D eigenvalue weighted by atomic mass is 35.5. The lowest BCUT2D eigenvalue weighted by Crippen LogP contribution is -2.48. The van der Waals surface area contributed by atoms with Crippen molar-refractivity contribution in [3.63, 3.8) is 0 Å². The zero-order valence-electron chi connectivity index (χ0n) is 12.3. The Morgan fingerprint density at radius 1 is 1.41 bits per heavy atom. The standard InChI is InChI=1S/C15H19N3O3.ClH/c1-9-13(19)18-11-8-10(4-5-12(11)21-9)17-14(20)15(16)6-2-3-7-15;/h4-5,8-9H,2-3,6-7,16H2,1H3,(H,17,20)(H,18,19);1H. The largest absolute Gasteiger partial charge is 0.479 e. The van der Waals surface area contributed by atoms with Gasteiger partial charge in [-0.2, -0.15) is 0 Å². The molecule has 1 aliphatic carbocycles. The van der Waals surface area contributed by atoms with Gasteiger partial charge in [-0.05, 0) is 38.0 Å². The minimum Gasteiger partial charge on any atom is -0.479 e. The molecule has 0 bridgehead atoms. The SMILES string of the molecule is CC1Oc2ccc(NC(=O)C3(N)CCCC3)cc2NC1=O.Cl. The van der Waals surface area contributed by atoms with Gasteiger partial charge >= 0.3 is 0 Å². The molecule has 4 N–H and O–H groups in total. The van der Waals surface area contributed by atoms with Gasteiger partial charge in [-0.3, -0.25) is 9.59 Å². The number of anilines is 2. The average molecular weight is 326 g/mol. The zero-order chi connectivity index (χ0) is 15.0. The van der Waals surface area contributed by atoms with Crippen molar-refractivity contribution in [3.8, 4) is 5.75 Å². The predicted octanol–water partition coefficient (Wildman–Crippen LogP) is 2.04. The van der Waals surface area contributed by atoms with E-state index in [1.54, 1.807) is 25.1 Å². The summed E-state index contributed by atoms with van der Waals surface area (Å²) in [5.74, 6) is 0.233. The van der Waals surface area contributed by atoms with E-state index in [1.165, 1.54) is 0 Å². The summed E-state index contributed by atoms with van der Waals surface area (Å²) in [4.78, 5) is 23.9. The Balaban J connectivity index is 0.00000176. The molecular formula is C15H20ClN3O3. The van der Waals surface area contributed by atoms with E-state index in [9.17, 15) is 9.59 Å². The molecule has 1 heterocycles. The van der Waals surface area contributed by atoms with Crippen LogP contribution in [0.15, 0.2) is 18.2 Å². The fraction of sp³-hybridized carbons (Fsp3) is 0.467. The molecule has 2 aliphatic rings. The minimum absolute atomic E-state index is 0. The van der Waals surface area contributed by atoms with E-state index >= 15 is 0 Å². The normalized spacial score (nSPS) is 21.9. The number of halogens is 1. The first-order valence-corrected chi connectivity index (χ1v) is 7.20. The number of hydrogen-bond donors (Lipinski definition) is 3. The van der Waals surface area contributed by atoms with Gasteiger partial charge in [0.05, 0.1) is 11.2 Å². The summed E-state index contributed by atoms with van der Waals surface area (Å²) in [6, 6.07) is 5.17. The number of carbonyl (C=O) groups is 2. The molecular weight excluding hydrogens is 306 g/mol. The lowest BCUT2D eigenvalue weighted by atomic mass is 9.98. The van der Waals surface area contributed by atoms with Crippen LogP contribution in [0.5, 0.6) is 5.75 Å². The third-order valence-corrected chi connectivity index (χ3v) is 4.12. The monoisotopic (exact) mass is 325 g/mol. The Kier molecular flexibility index (Phi) is 4.63. The van der Waals surface area contributed by atoms with Crippen LogP contribution < -0.4 is 21.1 Å². The number of nitrogens with two attached hydrogens (primary N) is 1. The number of rotatable bonds is 2. The van der Waals surface area contributed by atoms with Crippen molar-refractivity contribution in [1.29, 1.82) is 0 Å². The number of amides is 2. The van der Waals surface area contributed by atoms with Crippen molar-refractivity contribution in [3.05, 3.63) is 18.2 Å². The zero-order valence-corrected chi connectivity index (χ0v) is 13.2. The quantitative estimate of drug-likeness (QED) is 0.775. The number of carbonyl (C=O) groups excluding carboxylic acids is 2. The molecule has 1 saturated carbocycles. The number of nitrogens with one attached hydrogen (secondary N) is 2. The number of fused-ring (bicyclic) bond motifs is 1. The van der Waals surface area contributed by atoms with Crippen molar-refractivity contribution in [1.82, 2.24) is 0 Å². The van der Waals surface area contributed by atoms with Crippen molar-refractivity contribution in [2.75, 3.05) is 10.6 Å². The molecule has 0 aromatic heterocycles. The molecule has 3 rings (SSSR count). The number of ether oxygens (including phenoxy) is 1. The average Bonchev–Trinajstić information content (AvgIpc) is 2.89. The van der Waals surface area contributed by atoms with E-state index in [-0.39, 0.29) is 24.2 Å². The molecule has 1 aliphatic heterocycles. The Morgan fingerprint density at radius 3 is 2.77 bits per heavy atom. The molecule has 1 atom stereocenters. The molecule has 0 radical (unpaired) electrons. The molecule has 0 spiro atoms. The topological polar surface area (TPSA) is 93.4 Å². The van der Waals surface area contributed by atoms with Crippen molar-refractivity contribution in [2.24, 2.45) is 5.73 Å². The molecule has 22 heavy (non-hydrogen) atoms. The maximum Gasteiger partial charge on any atom is 0.265 e. The maximum atomic E-state index is 12.3. The smallest absolute Gasteiger partial charge is 0.265 e. The first-order valence-electron chi connectivity index (χ1n) is 7.20. The highest BCUT2D eigenvalue weighted by Crippen LogP contribution is 2.33. The van der Waals surface area contributed by atoms with Crippen molar-refractivity contribution < 1.29 is 14.3 Å². The van der Waals surface area contributed by atoms with Gasteiger partial charge in [-0.15, -0.1) is 12.4 Å². The lowest BCUT2D eigenvalue weighted by molar-refractivity contribution is -0.122. The summed E-state index contributed by atoms with van der Waals surface area (Å²) in [5, 5.41) is 5.59.